The van der Waals surface area contributed by atoms with Gasteiger partial charge in [0, 0.05) is 0 Å². The van der Waals surface area contributed by atoms with E-state index in [1.807, 2.05) is 60.7 Å². The fraction of sp³-hybridized carbons (Fsp3) is 0.160. The highest BCUT2D eigenvalue weighted by atomic mass is 16.5. The van der Waals surface area contributed by atoms with Gasteiger partial charge in [0.2, 0.25) is 0 Å². The van der Waals surface area contributed by atoms with Crippen LogP contribution in [-0.4, -0.2) is 40.4 Å². The van der Waals surface area contributed by atoms with E-state index in [1.165, 1.54) is 23.1 Å². The number of rotatable bonds is 8. The summed E-state index contributed by atoms with van der Waals surface area (Å²) in [7, 11) is 0. The first-order chi connectivity index (χ1) is 15.0. The van der Waals surface area contributed by atoms with E-state index in [2.05, 4.69) is 0 Å². The van der Waals surface area contributed by atoms with Crippen LogP contribution in [0.15, 0.2) is 78.9 Å². The lowest BCUT2D eigenvalue weighted by atomic mass is 10.1. The molecule has 0 saturated heterocycles. The number of ether oxygens (including phenoxy) is 1. The molecule has 156 valence electrons. The van der Waals surface area contributed by atoms with Crippen molar-refractivity contribution in [2.75, 3.05) is 6.61 Å². The number of carboxylic acid groups (broad SMARTS) is 1. The Hall–Kier alpha value is -3.77. The van der Waals surface area contributed by atoms with Crippen LogP contribution in [0.4, 0.5) is 0 Å². The van der Waals surface area contributed by atoms with Crippen LogP contribution in [0.25, 0.3) is 0 Å². The number of aromatic carboxylic acids is 1. The summed E-state index contributed by atoms with van der Waals surface area (Å²) in [5.41, 5.74) is 2.27. The second kappa shape index (κ2) is 8.93. The quantitative estimate of drug-likeness (QED) is 0.566. The SMILES string of the molecule is O=C(O)c1ccc2c(c1)C(=O)N([C@H](COCc1ccccc1)Cc1ccccc1)C2=O. The van der Waals surface area contributed by atoms with Gasteiger partial charge in [-0.1, -0.05) is 60.7 Å². The molecular formula is C25H21NO5. The summed E-state index contributed by atoms with van der Waals surface area (Å²) in [5.74, 6) is -2.07. The summed E-state index contributed by atoms with van der Waals surface area (Å²) in [4.78, 5) is 38.7. The monoisotopic (exact) mass is 415 g/mol. The average molecular weight is 415 g/mol. The minimum absolute atomic E-state index is 0.0262. The number of imide groups is 1. The summed E-state index contributed by atoms with van der Waals surface area (Å²) in [5, 5.41) is 9.23. The van der Waals surface area contributed by atoms with Crippen molar-refractivity contribution >= 4 is 17.8 Å². The third-order valence-electron chi connectivity index (χ3n) is 5.27. The van der Waals surface area contributed by atoms with Gasteiger partial charge >= 0.3 is 5.97 Å². The third kappa shape index (κ3) is 4.39. The summed E-state index contributed by atoms with van der Waals surface area (Å²) >= 11 is 0. The zero-order valence-electron chi connectivity index (χ0n) is 16.7. The van der Waals surface area contributed by atoms with Crippen molar-refractivity contribution in [3.05, 3.63) is 107 Å². The topological polar surface area (TPSA) is 83.9 Å². The number of benzene rings is 3. The molecule has 1 aliphatic heterocycles. The molecule has 1 N–H and O–H groups in total. The van der Waals surface area contributed by atoms with Gasteiger partial charge in [0.1, 0.15) is 0 Å². The van der Waals surface area contributed by atoms with E-state index in [1.54, 1.807) is 0 Å². The highest BCUT2D eigenvalue weighted by Gasteiger charge is 2.40. The van der Waals surface area contributed by atoms with Crippen LogP contribution in [0, 0.1) is 0 Å². The van der Waals surface area contributed by atoms with Crippen LogP contribution in [0.1, 0.15) is 42.2 Å². The Labute approximate surface area is 179 Å². The molecule has 2 amide bonds. The minimum atomic E-state index is -1.14. The van der Waals surface area contributed by atoms with Crippen LogP contribution in [0.2, 0.25) is 0 Å². The molecule has 6 heteroatoms. The standard InChI is InChI=1S/C25H21NO5/c27-23-21-12-11-19(25(29)30)14-22(21)24(28)26(23)20(13-17-7-3-1-4-8-17)16-31-15-18-9-5-2-6-10-18/h1-12,14,20H,13,15-16H2,(H,29,30)/t20-/m0/s1. The van der Waals surface area contributed by atoms with Crippen LogP contribution < -0.4 is 0 Å². The molecular weight excluding hydrogens is 394 g/mol. The van der Waals surface area contributed by atoms with Gasteiger partial charge in [-0.25, -0.2) is 4.79 Å². The van der Waals surface area contributed by atoms with E-state index in [0.29, 0.717) is 13.0 Å². The Morgan fingerprint density at radius 1 is 0.839 bits per heavy atom. The van der Waals surface area contributed by atoms with Gasteiger partial charge < -0.3 is 9.84 Å². The molecule has 4 rings (SSSR count). The number of hydrogen-bond acceptors (Lipinski definition) is 4. The first kappa shape index (κ1) is 20.5. The number of carbonyl (C=O) groups is 3. The molecule has 0 fully saturated rings. The second-order valence-electron chi connectivity index (χ2n) is 7.39. The van der Waals surface area contributed by atoms with E-state index in [0.717, 1.165) is 11.1 Å². The van der Waals surface area contributed by atoms with Crippen LogP contribution >= 0.6 is 0 Å². The van der Waals surface area contributed by atoms with Gasteiger partial charge in [0.25, 0.3) is 11.8 Å². The number of nitrogens with zero attached hydrogens (tertiary/aromatic N) is 1. The lowest BCUT2D eigenvalue weighted by Crippen LogP contribution is -2.44. The number of carboxylic acids is 1. The van der Waals surface area contributed by atoms with Crippen molar-refractivity contribution in [3.63, 3.8) is 0 Å². The van der Waals surface area contributed by atoms with Crippen molar-refractivity contribution in [2.24, 2.45) is 0 Å². The van der Waals surface area contributed by atoms with E-state index in [-0.39, 0.29) is 23.3 Å². The van der Waals surface area contributed by atoms with E-state index in [4.69, 9.17) is 4.74 Å². The Kier molecular flexibility index (Phi) is 5.91. The normalized spacial score (nSPS) is 13.9. The van der Waals surface area contributed by atoms with Gasteiger partial charge in [-0.2, -0.15) is 0 Å². The number of carbonyl (C=O) groups excluding carboxylic acids is 2. The third-order valence-corrected chi connectivity index (χ3v) is 5.27. The predicted octanol–water partition coefficient (Wildman–Crippen LogP) is 3.81. The summed E-state index contributed by atoms with van der Waals surface area (Å²) in [6.45, 7) is 0.527. The molecule has 6 nitrogen and oxygen atoms in total. The van der Waals surface area contributed by atoms with Gasteiger partial charge in [-0.3, -0.25) is 14.5 Å². The van der Waals surface area contributed by atoms with Gasteiger partial charge in [0.15, 0.2) is 0 Å². The fourth-order valence-electron chi connectivity index (χ4n) is 3.72. The first-order valence-corrected chi connectivity index (χ1v) is 9.95. The predicted molar refractivity (Wildman–Crippen MR) is 114 cm³/mol. The largest absolute Gasteiger partial charge is 0.478 e. The van der Waals surface area contributed by atoms with Crippen molar-refractivity contribution < 1.29 is 24.2 Å². The van der Waals surface area contributed by atoms with Crippen LogP contribution in [0.5, 0.6) is 0 Å². The minimum Gasteiger partial charge on any atom is -0.478 e. The van der Waals surface area contributed by atoms with E-state index in [9.17, 15) is 19.5 Å². The Morgan fingerprint density at radius 2 is 1.45 bits per heavy atom. The smallest absolute Gasteiger partial charge is 0.335 e. The molecule has 0 saturated carbocycles. The molecule has 0 aliphatic carbocycles. The summed E-state index contributed by atoms with van der Waals surface area (Å²) in [6.07, 6.45) is 0.437. The molecule has 0 bridgehead atoms. The fourth-order valence-corrected chi connectivity index (χ4v) is 3.72. The zero-order chi connectivity index (χ0) is 21.8. The lowest BCUT2D eigenvalue weighted by Gasteiger charge is -2.26. The van der Waals surface area contributed by atoms with Gasteiger partial charge in [-0.15, -0.1) is 0 Å². The maximum absolute atomic E-state index is 13.1. The average Bonchev–Trinajstić information content (AvgIpc) is 3.04. The molecule has 0 aromatic heterocycles. The highest BCUT2D eigenvalue weighted by molar-refractivity contribution is 6.22. The molecule has 0 spiro atoms. The highest BCUT2D eigenvalue weighted by Crippen LogP contribution is 2.27. The maximum Gasteiger partial charge on any atom is 0.335 e. The summed E-state index contributed by atoms with van der Waals surface area (Å²) in [6, 6.07) is 22.7. The number of amides is 2. The Bertz CT molecular complexity index is 1110. The van der Waals surface area contributed by atoms with Crippen molar-refractivity contribution in [1.29, 1.82) is 0 Å². The molecule has 1 aliphatic rings. The molecule has 0 radical (unpaired) electrons. The molecule has 31 heavy (non-hydrogen) atoms. The molecule has 1 atom stereocenters. The van der Waals surface area contributed by atoms with Crippen molar-refractivity contribution in [1.82, 2.24) is 4.90 Å². The summed E-state index contributed by atoms with van der Waals surface area (Å²) < 4.78 is 5.88. The molecule has 3 aromatic carbocycles. The second-order valence-corrected chi connectivity index (χ2v) is 7.39. The zero-order valence-corrected chi connectivity index (χ0v) is 16.7. The van der Waals surface area contributed by atoms with Crippen molar-refractivity contribution in [3.8, 4) is 0 Å². The van der Waals surface area contributed by atoms with Gasteiger partial charge in [0.05, 0.1) is 35.9 Å². The van der Waals surface area contributed by atoms with Crippen molar-refractivity contribution in [2.45, 2.75) is 19.1 Å². The number of fused-ring (bicyclic) bond motifs is 1. The van der Waals surface area contributed by atoms with Crippen LogP contribution in [-0.2, 0) is 17.8 Å². The molecule has 0 unspecified atom stereocenters. The first-order valence-electron chi connectivity index (χ1n) is 9.95. The van der Waals surface area contributed by atoms with Crippen LogP contribution in [0.3, 0.4) is 0 Å². The van der Waals surface area contributed by atoms with E-state index < -0.39 is 23.8 Å². The van der Waals surface area contributed by atoms with Gasteiger partial charge in [-0.05, 0) is 35.7 Å². The lowest BCUT2D eigenvalue weighted by molar-refractivity contribution is 0.0364. The van der Waals surface area contributed by atoms with E-state index >= 15 is 0 Å². The Morgan fingerprint density at radius 3 is 2.10 bits per heavy atom. The number of hydrogen-bond donors (Lipinski definition) is 1. The Balaban J connectivity index is 1.58. The maximum atomic E-state index is 13.1. The molecule has 3 aromatic rings. The molecule has 1 heterocycles.